The fraction of sp³-hybridized carbons (Fsp3) is 0.424. The highest BCUT2D eigenvalue weighted by atomic mass is 35.5. The molecule has 3 aliphatic rings. The number of anilines is 2. The molecule has 10 nitrogen and oxygen atoms in total. The van der Waals surface area contributed by atoms with Crippen LogP contribution < -0.4 is 14.5 Å². The summed E-state index contributed by atoms with van der Waals surface area (Å²) in [4.78, 5) is 44.0. The van der Waals surface area contributed by atoms with E-state index >= 15 is 0 Å². The van der Waals surface area contributed by atoms with Crippen LogP contribution >= 0.6 is 11.6 Å². The number of nitriles is 1. The number of likely N-dealkylation sites (N-methyl/N-ethyl adjacent to an activating group) is 1. The van der Waals surface area contributed by atoms with Crippen molar-refractivity contribution in [3.63, 3.8) is 0 Å². The summed E-state index contributed by atoms with van der Waals surface area (Å²) in [6, 6.07) is 14.0. The molecule has 0 spiro atoms. The Morgan fingerprint density at radius 3 is 2.73 bits per heavy atom. The van der Waals surface area contributed by atoms with Gasteiger partial charge in [0.1, 0.15) is 12.4 Å². The number of halogens is 1. The molecular formula is C33H36ClN7O3. The summed E-state index contributed by atoms with van der Waals surface area (Å²) >= 11 is 6.67. The zero-order valence-corrected chi connectivity index (χ0v) is 25.7. The SMILES string of the molecule is C=CC(=O)N1CCN(c2nc(OC[C@@H]3CCCN3C)nc3c2CCC(=O)N(c2cccc4cccc(Cl)c24)C3)C[C@@H]1CC#N. The van der Waals surface area contributed by atoms with Crippen LogP contribution in [-0.4, -0.2) is 83.5 Å². The first-order chi connectivity index (χ1) is 21.4. The molecule has 44 heavy (non-hydrogen) atoms. The number of benzene rings is 2. The average molecular weight is 614 g/mol. The van der Waals surface area contributed by atoms with Crippen molar-refractivity contribution in [2.45, 2.75) is 50.7 Å². The maximum atomic E-state index is 13.7. The first-order valence-electron chi connectivity index (χ1n) is 15.1. The molecule has 1 aromatic heterocycles. The van der Waals surface area contributed by atoms with Gasteiger partial charge in [-0.05, 0) is 56.4 Å². The van der Waals surface area contributed by atoms with Crippen molar-refractivity contribution in [1.29, 1.82) is 5.26 Å². The van der Waals surface area contributed by atoms with E-state index in [4.69, 9.17) is 26.3 Å². The Bertz CT molecular complexity index is 1630. The van der Waals surface area contributed by atoms with Crippen LogP contribution in [0.25, 0.3) is 10.8 Å². The van der Waals surface area contributed by atoms with Gasteiger partial charge in [0.25, 0.3) is 0 Å². The smallest absolute Gasteiger partial charge is 0.318 e. The Hall–Kier alpha value is -4.20. The van der Waals surface area contributed by atoms with Crippen molar-refractivity contribution in [2.24, 2.45) is 0 Å². The number of amides is 2. The third kappa shape index (κ3) is 5.82. The van der Waals surface area contributed by atoms with Crippen LogP contribution in [0.2, 0.25) is 5.02 Å². The Morgan fingerprint density at radius 1 is 1.16 bits per heavy atom. The fourth-order valence-corrected chi connectivity index (χ4v) is 6.91. The van der Waals surface area contributed by atoms with Crippen LogP contribution in [0.15, 0.2) is 49.1 Å². The topological polar surface area (TPSA) is 106 Å². The normalized spacial score (nSPS) is 20.8. The quantitative estimate of drug-likeness (QED) is 0.362. The van der Waals surface area contributed by atoms with E-state index in [2.05, 4.69) is 29.5 Å². The maximum Gasteiger partial charge on any atom is 0.318 e. The van der Waals surface area contributed by atoms with Crippen molar-refractivity contribution in [1.82, 2.24) is 19.8 Å². The summed E-state index contributed by atoms with van der Waals surface area (Å²) in [6.07, 6.45) is 4.39. The number of nitrogens with zero attached hydrogens (tertiary/aromatic N) is 7. The number of hydrogen-bond donors (Lipinski definition) is 0. The Labute approximate surface area is 262 Å². The maximum absolute atomic E-state index is 13.7. The van der Waals surface area contributed by atoms with Gasteiger partial charge in [-0.1, -0.05) is 42.4 Å². The minimum atomic E-state index is -0.317. The molecule has 0 unspecified atom stereocenters. The van der Waals surface area contributed by atoms with E-state index in [1.807, 2.05) is 36.4 Å². The molecule has 0 N–H and O–H groups in total. The summed E-state index contributed by atoms with van der Waals surface area (Å²) in [5.74, 6) is 0.482. The van der Waals surface area contributed by atoms with Crippen molar-refractivity contribution < 1.29 is 14.3 Å². The van der Waals surface area contributed by atoms with Crippen LogP contribution in [0.5, 0.6) is 6.01 Å². The van der Waals surface area contributed by atoms with Crippen molar-refractivity contribution in [3.05, 3.63) is 65.3 Å². The molecule has 3 aromatic rings. The lowest BCUT2D eigenvalue weighted by Gasteiger charge is -2.41. The third-order valence-corrected chi connectivity index (χ3v) is 9.33. The minimum absolute atomic E-state index is 0.0276. The van der Waals surface area contributed by atoms with Gasteiger partial charge in [-0.25, -0.2) is 0 Å². The van der Waals surface area contributed by atoms with E-state index < -0.39 is 0 Å². The number of rotatable bonds is 7. The van der Waals surface area contributed by atoms with Gasteiger partial charge < -0.3 is 24.3 Å². The van der Waals surface area contributed by atoms with Crippen molar-refractivity contribution in [2.75, 3.05) is 49.6 Å². The van der Waals surface area contributed by atoms with Gasteiger partial charge >= 0.3 is 6.01 Å². The van der Waals surface area contributed by atoms with Gasteiger partial charge in [0.05, 0.1) is 41.5 Å². The number of fused-ring (bicyclic) bond motifs is 2. The lowest BCUT2D eigenvalue weighted by atomic mass is 10.1. The predicted octanol–water partition coefficient (Wildman–Crippen LogP) is 4.35. The molecular weight excluding hydrogens is 578 g/mol. The number of aromatic nitrogens is 2. The number of carbonyl (C=O) groups excluding carboxylic acids is 2. The molecule has 11 heteroatoms. The summed E-state index contributed by atoms with van der Waals surface area (Å²) in [6.45, 7) is 6.75. The van der Waals surface area contributed by atoms with Crippen LogP contribution in [0.4, 0.5) is 11.5 Å². The average Bonchev–Trinajstić information content (AvgIpc) is 3.37. The number of carbonyl (C=O) groups is 2. The molecule has 6 rings (SSSR count). The largest absolute Gasteiger partial charge is 0.462 e. The van der Waals surface area contributed by atoms with Gasteiger partial charge in [0.2, 0.25) is 11.8 Å². The molecule has 2 saturated heterocycles. The molecule has 4 heterocycles. The second-order valence-corrected chi connectivity index (χ2v) is 12.0. The Morgan fingerprint density at radius 2 is 1.98 bits per heavy atom. The summed E-state index contributed by atoms with van der Waals surface area (Å²) in [5.41, 5.74) is 2.35. The van der Waals surface area contributed by atoms with Crippen LogP contribution in [0.3, 0.4) is 0 Å². The molecule has 2 amide bonds. The van der Waals surface area contributed by atoms with Gasteiger partial charge in [-0.2, -0.15) is 15.2 Å². The number of likely N-dealkylation sites (tertiary alicyclic amines) is 1. The first kappa shape index (κ1) is 29.9. The molecule has 0 bridgehead atoms. The molecule has 0 aliphatic carbocycles. The molecule has 2 atom stereocenters. The molecule has 0 radical (unpaired) electrons. The van der Waals surface area contributed by atoms with Crippen molar-refractivity contribution >= 4 is 45.7 Å². The molecule has 2 fully saturated rings. The lowest BCUT2D eigenvalue weighted by Crippen LogP contribution is -2.55. The molecule has 228 valence electrons. The van der Waals surface area contributed by atoms with Crippen LogP contribution in [0.1, 0.15) is 36.9 Å². The first-order valence-corrected chi connectivity index (χ1v) is 15.5. The zero-order chi connectivity index (χ0) is 30.8. The number of piperazine rings is 1. The summed E-state index contributed by atoms with van der Waals surface area (Å²) in [5, 5.41) is 11.9. The van der Waals surface area contributed by atoms with Gasteiger partial charge in [0.15, 0.2) is 0 Å². The van der Waals surface area contributed by atoms with E-state index in [1.54, 1.807) is 9.80 Å². The summed E-state index contributed by atoms with van der Waals surface area (Å²) in [7, 11) is 2.10. The highest BCUT2D eigenvalue weighted by Gasteiger charge is 2.34. The second-order valence-electron chi connectivity index (χ2n) is 11.6. The van der Waals surface area contributed by atoms with E-state index in [0.29, 0.717) is 43.5 Å². The van der Waals surface area contributed by atoms with E-state index in [0.717, 1.165) is 47.1 Å². The van der Waals surface area contributed by atoms with Crippen molar-refractivity contribution in [3.8, 4) is 12.1 Å². The van der Waals surface area contributed by atoms with Gasteiger partial charge in [-0.3, -0.25) is 9.59 Å². The monoisotopic (exact) mass is 613 g/mol. The van der Waals surface area contributed by atoms with Gasteiger partial charge in [0, 0.05) is 43.0 Å². The highest BCUT2D eigenvalue weighted by molar-refractivity contribution is 6.37. The van der Waals surface area contributed by atoms with Crippen LogP contribution in [0, 0.1) is 11.3 Å². The fourth-order valence-electron chi connectivity index (χ4n) is 6.63. The van der Waals surface area contributed by atoms with Crippen LogP contribution in [-0.2, 0) is 22.6 Å². The minimum Gasteiger partial charge on any atom is -0.462 e. The van der Waals surface area contributed by atoms with E-state index in [9.17, 15) is 14.9 Å². The number of ether oxygens (including phenoxy) is 1. The third-order valence-electron chi connectivity index (χ3n) is 9.01. The summed E-state index contributed by atoms with van der Waals surface area (Å²) < 4.78 is 6.26. The van der Waals surface area contributed by atoms with E-state index in [-0.39, 0.29) is 49.3 Å². The molecule has 2 aromatic carbocycles. The standard InChI is InChI=1S/C33H36ClN7O3/c1-3-29(42)40-18-17-39(19-23(40)14-15-35)32-25-12-13-30(43)41(28-11-5-8-22-7-4-10-26(34)31(22)28)20-27(25)36-33(37-32)44-21-24-9-6-16-38(24)2/h3-5,7-8,10-11,23-24H,1,6,9,12-14,16-21H2,2H3/t23-,24-/m0/s1. The Kier molecular flexibility index (Phi) is 8.69. The van der Waals surface area contributed by atoms with Gasteiger partial charge in [-0.15, -0.1) is 0 Å². The molecule has 3 aliphatic heterocycles. The number of hydrogen-bond acceptors (Lipinski definition) is 8. The lowest BCUT2D eigenvalue weighted by molar-refractivity contribution is -0.128. The highest BCUT2D eigenvalue weighted by Crippen LogP contribution is 2.37. The van der Waals surface area contributed by atoms with E-state index in [1.165, 1.54) is 6.08 Å². The zero-order valence-electron chi connectivity index (χ0n) is 24.9. The second kappa shape index (κ2) is 12.8. The Balaban J connectivity index is 1.39. The molecule has 0 saturated carbocycles. The predicted molar refractivity (Wildman–Crippen MR) is 170 cm³/mol.